The average molecular weight is 531 g/mol. The first-order chi connectivity index (χ1) is 17.6. The van der Waals surface area contributed by atoms with Crippen LogP contribution in [0.1, 0.15) is 113 Å². The molecule has 0 fully saturated rings. The standard InChI is InChI=1S/C30H40F6O/c1-3-5-7-9-11-13-17-23-19-15-21-25(27(23)29(31,32)33)37-26-22-16-20-24(28(26)30(34,35)36)18-14-12-10-8-6-4-2/h15-16,19-22H,3-14,17-18H2,1-2H3. The zero-order valence-electron chi connectivity index (χ0n) is 22.0. The van der Waals surface area contributed by atoms with Crippen LogP contribution in [0.4, 0.5) is 26.3 Å². The Hall–Kier alpha value is -2.18. The minimum absolute atomic E-state index is 0.0530. The summed E-state index contributed by atoms with van der Waals surface area (Å²) in [4.78, 5) is 0. The second-order valence-corrected chi connectivity index (χ2v) is 9.71. The van der Waals surface area contributed by atoms with Crippen LogP contribution in [0.15, 0.2) is 36.4 Å². The molecule has 0 bridgehead atoms. The molecule has 0 heterocycles. The van der Waals surface area contributed by atoms with E-state index in [-0.39, 0.29) is 24.0 Å². The largest absolute Gasteiger partial charge is 0.456 e. The van der Waals surface area contributed by atoms with Crippen molar-refractivity contribution in [2.75, 3.05) is 0 Å². The molecule has 0 aliphatic heterocycles. The van der Waals surface area contributed by atoms with Gasteiger partial charge in [0.05, 0.1) is 0 Å². The lowest BCUT2D eigenvalue weighted by Gasteiger charge is -2.21. The predicted octanol–water partition coefficient (Wildman–Crippen LogP) is 11.3. The highest BCUT2D eigenvalue weighted by Gasteiger charge is 2.40. The Labute approximate surface area is 217 Å². The molecule has 0 spiro atoms. The summed E-state index contributed by atoms with van der Waals surface area (Å²) in [5.41, 5.74) is -1.87. The van der Waals surface area contributed by atoms with Crippen LogP contribution in [0.25, 0.3) is 0 Å². The molecule has 0 saturated heterocycles. The molecule has 37 heavy (non-hydrogen) atoms. The Morgan fingerprint density at radius 1 is 0.514 bits per heavy atom. The minimum atomic E-state index is -4.75. The monoisotopic (exact) mass is 530 g/mol. The van der Waals surface area contributed by atoms with Gasteiger partial charge in [0.15, 0.2) is 0 Å². The number of aryl methyl sites for hydroxylation is 2. The van der Waals surface area contributed by atoms with Crippen molar-refractivity contribution in [3.63, 3.8) is 0 Å². The first kappa shape index (κ1) is 31.0. The van der Waals surface area contributed by atoms with E-state index >= 15 is 0 Å². The van der Waals surface area contributed by atoms with Crippen LogP contribution < -0.4 is 4.74 Å². The van der Waals surface area contributed by atoms with E-state index in [1.807, 2.05) is 0 Å². The van der Waals surface area contributed by atoms with Crippen LogP contribution in [-0.2, 0) is 25.2 Å². The van der Waals surface area contributed by atoms with Crippen molar-refractivity contribution in [3.05, 3.63) is 58.7 Å². The summed E-state index contributed by atoms with van der Waals surface area (Å²) in [5.74, 6) is -1.17. The van der Waals surface area contributed by atoms with E-state index in [2.05, 4.69) is 13.8 Å². The molecule has 2 rings (SSSR count). The van der Waals surface area contributed by atoms with Gasteiger partial charge in [-0.3, -0.25) is 0 Å². The third-order valence-electron chi connectivity index (χ3n) is 6.61. The summed E-state index contributed by atoms with van der Waals surface area (Å²) < 4.78 is 90.0. The molecule has 0 radical (unpaired) electrons. The second kappa shape index (κ2) is 15.3. The summed E-state index contributed by atoms with van der Waals surface area (Å²) >= 11 is 0. The maximum absolute atomic E-state index is 14.1. The fourth-order valence-corrected chi connectivity index (χ4v) is 4.69. The van der Waals surface area contributed by atoms with Crippen LogP contribution in [0.2, 0.25) is 0 Å². The molecule has 0 aliphatic carbocycles. The van der Waals surface area contributed by atoms with Crippen molar-refractivity contribution >= 4 is 0 Å². The lowest BCUT2D eigenvalue weighted by Crippen LogP contribution is -2.14. The Kier molecular flexibility index (Phi) is 12.8. The topological polar surface area (TPSA) is 9.23 Å². The number of hydrogen-bond acceptors (Lipinski definition) is 1. The minimum Gasteiger partial charge on any atom is -0.456 e. The number of alkyl halides is 6. The van der Waals surface area contributed by atoms with Crippen molar-refractivity contribution in [1.82, 2.24) is 0 Å². The van der Waals surface area contributed by atoms with Crippen molar-refractivity contribution in [2.45, 2.75) is 116 Å². The zero-order chi connectivity index (χ0) is 27.3. The number of benzene rings is 2. The van der Waals surface area contributed by atoms with Gasteiger partial charge in [-0.15, -0.1) is 0 Å². The average Bonchev–Trinajstić information content (AvgIpc) is 2.82. The van der Waals surface area contributed by atoms with Gasteiger partial charge < -0.3 is 4.74 Å². The van der Waals surface area contributed by atoms with Crippen molar-refractivity contribution in [1.29, 1.82) is 0 Å². The highest BCUT2D eigenvalue weighted by Crippen LogP contribution is 2.45. The van der Waals surface area contributed by atoms with Crippen molar-refractivity contribution in [2.24, 2.45) is 0 Å². The van der Waals surface area contributed by atoms with Gasteiger partial charge in [-0.2, -0.15) is 26.3 Å². The normalized spacial score (nSPS) is 12.2. The number of hydrogen-bond donors (Lipinski definition) is 0. The van der Waals surface area contributed by atoms with Gasteiger partial charge in [-0.1, -0.05) is 102 Å². The molecule has 2 aromatic carbocycles. The third-order valence-corrected chi connectivity index (χ3v) is 6.61. The van der Waals surface area contributed by atoms with Crippen LogP contribution in [-0.4, -0.2) is 0 Å². The van der Waals surface area contributed by atoms with Gasteiger partial charge in [-0.05, 0) is 48.9 Å². The Morgan fingerprint density at radius 3 is 1.22 bits per heavy atom. The van der Waals surface area contributed by atoms with Gasteiger partial charge in [0.2, 0.25) is 0 Å². The summed E-state index contributed by atoms with van der Waals surface area (Å²) in [6.45, 7) is 4.19. The van der Waals surface area contributed by atoms with Gasteiger partial charge in [-0.25, -0.2) is 0 Å². The van der Waals surface area contributed by atoms with E-state index in [0.717, 1.165) is 76.3 Å². The lowest BCUT2D eigenvalue weighted by atomic mass is 9.98. The summed E-state index contributed by atoms with van der Waals surface area (Å²) in [6, 6.07) is 7.83. The van der Waals surface area contributed by atoms with Crippen LogP contribution in [0.3, 0.4) is 0 Å². The third kappa shape index (κ3) is 10.2. The van der Waals surface area contributed by atoms with Crippen LogP contribution >= 0.6 is 0 Å². The van der Waals surface area contributed by atoms with Gasteiger partial charge in [0.1, 0.15) is 22.6 Å². The highest BCUT2D eigenvalue weighted by molar-refractivity contribution is 5.49. The molecule has 7 heteroatoms. The molecule has 0 unspecified atom stereocenters. The van der Waals surface area contributed by atoms with E-state index in [1.165, 1.54) is 24.3 Å². The molecule has 0 N–H and O–H groups in total. The van der Waals surface area contributed by atoms with E-state index in [4.69, 9.17) is 4.74 Å². The van der Waals surface area contributed by atoms with Crippen LogP contribution in [0.5, 0.6) is 11.5 Å². The van der Waals surface area contributed by atoms with E-state index in [9.17, 15) is 26.3 Å². The smallest absolute Gasteiger partial charge is 0.420 e. The fraction of sp³-hybridized carbons (Fsp3) is 0.600. The molecule has 0 amide bonds. The molecular weight excluding hydrogens is 490 g/mol. The van der Waals surface area contributed by atoms with Crippen molar-refractivity contribution in [3.8, 4) is 11.5 Å². The predicted molar refractivity (Wildman–Crippen MR) is 137 cm³/mol. The first-order valence-corrected chi connectivity index (χ1v) is 13.7. The SMILES string of the molecule is CCCCCCCCc1cccc(Oc2cccc(CCCCCCCC)c2C(F)(F)F)c1C(F)(F)F. The Morgan fingerprint density at radius 2 is 0.865 bits per heavy atom. The number of halogens is 6. The summed E-state index contributed by atoms with van der Waals surface area (Å²) in [5, 5.41) is 0. The molecule has 0 atom stereocenters. The zero-order valence-corrected chi connectivity index (χ0v) is 22.0. The number of rotatable bonds is 16. The molecule has 208 valence electrons. The highest BCUT2D eigenvalue weighted by atomic mass is 19.4. The summed E-state index contributed by atoms with van der Waals surface area (Å²) in [7, 11) is 0. The van der Waals surface area contributed by atoms with Gasteiger partial charge in [0, 0.05) is 0 Å². The fourth-order valence-electron chi connectivity index (χ4n) is 4.69. The molecule has 1 nitrogen and oxygen atoms in total. The Balaban J connectivity index is 2.28. The Bertz CT molecular complexity index is 857. The van der Waals surface area contributed by atoms with Crippen molar-refractivity contribution < 1.29 is 31.1 Å². The first-order valence-electron chi connectivity index (χ1n) is 13.7. The lowest BCUT2D eigenvalue weighted by molar-refractivity contribution is -0.140. The second-order valence-electron chi connectivity index (χ2n) is 9.71. The van der Waals surface area contributed by atoms with Crippen LogP contribution in [0, 0.1) is 0 Å². The van der Waals surface area contributed by atoms with E-state index in [0.29, 0.717) is 12.8 Å². The van der Waals surface area contributed by atoms with E-state index in [1.54, 1.807) is 0 Å². The van der Waals surface area contributed by atoms with E-state index < -0.39 is 35.0 Å². The maximum Gasteiger partial charge on any atom is 0.420 e. The molecule has 0 aromatic heterocycles. The molecule has 0 saturated carbocycles. The molecule has 2 aromatic rings. The molecular formula is C30H40F6O. The number of ether oxygens (including phenoxy) is 1. The van der Waals surface area contributed by atoms with Gasteiger partial charge in [0.25, 0.3) is 0 Å². The summed E-state index contributed by atoms with van der Waals surface area (Å²) in [6.07, 6.45) is 2.01. The molecule has 0 aliphatic rings. The quantitative estimate of drug-likeness (QED) is 0.155. The number of unbranched alkanes of at least 4 members (excludes halogenated alkanes) is 10. The maximum atomic E-state index is 14.1. The van der Waals surface area contributed by atoms with Gasteiger partial charge >= 0.3 is 12.4 Å².